The van der Waals surface area contributed by atoms with Gasteiger partial charge in [0.05, 0.1) is 0 Å². The SMILES string of the molecule is Cc1cc(NC(=O)N2CCC[C@H](CC(N)=O)C2)nn1C. The smallest absolute Gasteiger partial charge is 0.323 e. The van der Waals surface area contributed by atoms with Crippen LogP contribution in [0.1, 0.15) is 25.0 Å². The molecule has 1 aliphatic heterocycles. The van der Waals surface area contributed by atoms with Gasteiger partial charge in [0.25, 0.3) is 0 Å². The molecule has 3 amide bonds. The van der Waals surface area contributed by atoms with Crippen LogP contribution in [0.15, 0.2) is 6.07 Å². The van der Waals surface area contributed by atoms with Crippen molar-refractivity contribution in [1.82, 2.24) is 14.7 Å². The Bertz CT molecular complexity index is 491. The molecule has 0 aliphatic carbocycles. The highest BCUT2D eigenvalue weighted by Crippen LogP contribution is 2.20. The third-order valence-electron chi connectivity index (χ3n) is 3.64. The molecule has 0 aromatic carbocycles. The van der Waals surface area contributed by atoms with Gasteiger partial charge in [-0.3, -0.25) is 14.8 Å². The van der Waals surface area contributed by atoms with Crippen molar-refractivity contribution in [2.24, 2.45) is 18.7 Å². The molecule has 0 unspecified atom stereocenters. The van der Waals surface area contributed by atoms with Crippen LogP contribution in [0.4, 0.5) is 10.6 Å². The van der Waals surface area contributed by atoms with Crippen LogP contribution < -0.4 is 11.1 Å². The fourth-order valence-corrected chi connectivity index (χ4v) is 2.51. The highest BCUT2D eigenvalue weighted by molar-refractivity contribution is 5.88. The summed E-state index contributed by atoms with van der Waals surface area (Å²) in [7, 11) is 1.83. The molecular formula is C13H21N5O2. The Labute approximate surface area is 118 Å². The second-order valence-corrected chi connectivity index (χ2v) is 5.35. The molecule has 1 atom stereocenters. The first-order valence-corrected chi connectivity index (χ1v) is 6.80. The van der Waals surface area contributed by atoms with Crippen molar-refractivity contribution in [2.75, 3.05) is 18.4 Å². The molecule has 7 nitrogen and oxygen atoms in total. The number of nitrogens with two attached hydrogens (primary N) is 1. The minimum Gasteiger partial charge on any atom is -0.370 e. The van der Waals surface area contributed by atoms with Gasteiger partial charge in [-0.15, -0.1) is 0 Å². The lowest BCUT2D eigenvalue weighted by atomic mass is 9.95. The van der Waals surface area contributed by atoms with E-state index in [0.29, 0.717) is 25.3 Å². The number of likely N-dealkylation sites (tertiary alicyclic amines) is 1. The van der Waals surface area contributed by atoms with Crippen molar-refractivity contribution in [3.8, 4) is 0 Å². The number of aromatic nitrogens is 2. The zero-order valence-electron chi connectivity index (χ0n) is 11.9. The number of aryl methyl sites for hydroxylation is 2. The molecule has 1 aromatic heterocycles. The molecule has 2 heterocycles. The topological polar surface area (TPSA) is 93.2 Å². The Balaban J connectivity index is 1.93. The van der Waals surface area contributed by atoms with Gasteiger partial charge in [-0.1, -0.05) is 0 Å². The molecular weight excluding hydrogens is 258 g/mol. The first-order chi connectivity index (χ1) is 9.45. The molecule has 20 heavy (non-hydrogen) atoms. The van der Waals surface area contributed by atoms with Gasteiger partial charge in [0.1, 0.15) is 0 Å². The van der Waals surface area contributed by atoms with E-state index >= 15 is 0 Å². The van der Waals surface area contributed by atoms with E-state index < -0.39 is 0 Å². The molecule has 1 fully saturated rings. The number of amides is 3. The van der Waals surface area contributed by atoms with Crippen molar-refractivity contribution in [1.29, 1.82) is 0 Å². The largest absolute Gasteiger partial charge is 0.370 e. The molecule has 1 aromatic rings. The zero-order valence-corrected chi connectivity index (χ0v) is 11.9. The molecule has 0 bridgehead atoms. The van der Waals surface area contributed by atoms with Crippen LogP contribution in [0, 0.1) is 12.8 Å². The number of hydrogen-bond acceptors (Lipinski definition) is 3. The lowest BCUT2D eigenvalue weighted by Crippen LogP contribution is -2.43. The van der Waals surface area contributed by atoms with Crippen molar-refractivity contribution in [3.63, 3.8) is 0 Å². The fraction of sp³-hybridized carbons (Fsp3) is 0.615. The van der Waals surface area contributed by atoms with Crippen molar-refractivity contribution in [3.05, 3.63) is 11.8 Å². The summed E-state index contributed by atoms with van der Waals surface area (Å²) in [5.74, 6) is 0.405. The Morgan fingerprint density at radius 3 is 2.90 bits per heavy atom. The molecule has 0 radical (unpaired) electrons. The maximum absolute atomic E-state index is 12.2. The first-order valence-electron chi connectivity index (χ1n) is 6.80. The number of piperidine rings is 1. The second-order valence-electron chi connectivity index (χ2n) is 5.35. The highest BCUT2D eigenvalue weighted by Gasteiger charge is 2.25. The normalized spacial score (nSPS) is 18.9. The summed E-state index contributed by atoms with van der Waals surface area (Å²) in [6.07, 6.45) is 2.18. The van der Waals surface area contributed by atoms with Gasteiger partial charge in [0, 0.05) is 38.3 Å². The van der Waals surface area contributed by atoms with Gasteiger partial charge in [-0.05, 0) is 25.7 Å². The Hall–Kier alpha value is -2.05. The Morgan fingerprint density at radius 1 is 1.55 bits per heavy atom. The number of nitrogens with zero attached hydrogens (tertiary/aromatic N) is 3. The van der Waals surface area contributed by atoms with Crippen LogP contribution in [0.5, 0.6) is 0 Å². The molecule has 1 aliphatic rings. The summed E-state index contributed by atoms with van der Waals surface area (Å²) < 4.78 is 1.71. The van der Waals surface area contributed by atoms with Crippen LogP contribution >= 0.6 is 0 Å². The predicted molar refractivity (Wildman–Crippen MR) is 75.1 cm³/mol. The number of anilines is 1. The third-order valence-corrected chi connectivity index (χ3v) is 3.64. The van der Waals surface area contributed by atoms with Gasteiger partial charge in [-0.25, -0.2) is 4.79 Å². The minimum absolute atomic E-state index is 0.164. The fourth-order valence-electron chi connectivity index (χ4n) is 2.51. The quantitative estimate of drug-likeness (QED) is 0.859. The number of primary amides is 1. The summed E-state index contributed by atoms with van der Waals surface area (Å²) in [6, 6.07) is 1.65. The van der Waals surface area contributed by atoms with E-state index in [1.807, 2.05) is 20.0 Å². The van der Waals surface area contributed by atoms with Crippen molar-refractivity contribution < 1.29 is 9.59 Å². The average Bonchev–Trinajstić information content (AvgIpc) is 2.67. The summed E-state index contributed by atoms with van der Waals surface area (Å²) >= 11 is 0. The molecule has 7 heteroatoms. The maximum Gasteiger partial charge on any atom is 0.323 e. The highest BCUT2D eigenvalue weighted by atomic mass is 16.2. The Morgan fingerprint density at radius 2 is 2.30 bits per heavy atom. The van der Waals surface area contributed by atoms with E-state index in [4.69, 9.17) is 5.73 Å². The van der Waals surface area contributed by atoms with Crippen LogP contribution in [-0.4, -0.2) is 39.7 Å². The van der Waals surface area contributed by atoms with E-state index in [0.717, 1.165) is 18.5 Å². The zero-order chi connectivity index (χ0) is 14.7. The minimum atomic E-state index is -0.308. The molecule has 2 rings (SSSR count). The van der Waals surface area contributed by atoms with Crippen LogP contribution in [0.2, 0.25) is 0 Å². The standard InChI is InChI=1S/C13H21N5O2/c1-9-6-12(16-17(9)2)15-13(20)18-5-3-4-10(8-18)7-11(14)19/h6,10H,3-5,7-8H2,1-2H3,(H2,14,19)(H,15,16,20)/t10-/m1/s1. The number of carbonyl (C=O) groups excluding carboxylic acids is 2. The van der Waals surface area contributed by atoms with Gasteiger partial charge >= 0.3 is 6.03 Å². The molecule has 0 saturated carbocycles. The van der Waals surface area contributed by atoms with Gasteiger partial charge in [-0.2, -0.15) is 5.10 Å². The molecule has 1 saturated heterocycles. The lowest BCUT2D eigenvalue weighted by Gasteiger charge is -2.32. The van der Waals surface area contributed by atoms with Crippen LogP contribution in [0.25, 0.3) is 0 Å². The van der Waals surface area contributed by atoms with Crippen LogP contribution in [-0.2, 0) is 11.8 Å². The number of urea groups is 1. The van der Waals surface area contributed by atoms with Gasteiger partial charge < -0.3 is 10.6 Å². The summed E-state index contributed by atoms with van der Waals surface area (Å²) in [4.78, 5) is 24.9. The number of nitrogens with one attached hydrogen (secondary N) is 1. The van der Waals surface area contributed by atoms with E-state index in [1.54, 1.807) is 9.58 Å². The summed E-state index contributed by atoms with van der Waals surface area (Å²) in [5.41, 5.74) is 6.19. The second kappa shape index (κ2) is 5.94. The van der Waals surface area contributed by atoms with Gasteiger partial charge in [0.2, 0.25) is 5.91 Å². The summed E-state index contributed by atoms with van der Waals surface area (Å²) in [6.45, 7) is 3.19. The molecule has 110 valence electrons. The number of carbonyl (C=O) groups is 2. The van der Waals surface area contributed by atoms with E-state index in [2.05, 4.69) is 10.4 Å². The van der Waals surface area contributed by atoms with E-state index in [-0.39, 0.29) is 17.9 Å². The molecule has 3 N–H and O–H groups in total. The van der Waals surface area contributed by atoms with Crippen LogP contribution in [0.3, 0.4) is 0 Å². The van der Waals surface area contributed by atoms with Crippen molar-refractivity contribution in [2.45, 2.75) is 26.2 Å². The monoisotopic (exact) mass is 279 g/mol. The third kappa shape index (κ3) is 3.49. The number of hydrogen-bond donors (Lipinski definition) is 2. The van der Waals surface area contributed by atoms with Gasteiger partial charge in [0.15, 0.2) is 5.82 Å². The van der Waals surface area contributed by atoms with Crippen molar-refractivity contribution >= 4 is 17.8 Å². The molecule has 0 spiro atoms. The maximum atomic E-state index is 12.2. The number of rotatable bonds is 3. The summed E-state index contributed by atoms with van der Waals surface area (Å²) in [5, 5.41) is 6.98. The van der Waals surface area contributed by atoms with E-state index in [9.17, 15) is 9.59 Å². The average molecular weight is 279 g/mol. The Kier molecular flexibility index (Phi) is 4.26. The van der Waals surface area contributed by atoms with E-state index in [1.165, 1.54) is 0 Å². The lowest BCUT2D eigenvalue weighted by molar-refractivity contribution is -0.119. The first kappa shape index (κ1) is 14.4. The predicted octanol–water partition coefficient (Wildman–Crippen LogP) is 0.848.